The van der Waals surface area contributed by atoms with E-state index in [0.29, 0.717) is 6.54 Å². The summed E-state index contributed by atoms with van der Waals surface area (Å²) in [6.45, 7) is 9.97. The second-order valence-electron chi connectivity index (χ2n) is 4.11. The molecule has 0 aliphatic rings. The largest absolute Gasteiger partial charge is 0.377 e. The van der Waals surface area contributed by atoms with Gasteiger partial charge in [0.05, 0.1) is 11.8 Å². The Bertz CT molecular complexity index is 541. The first-order chi connectivity index (χ1) is 9.06. The maximum absolute atomic E-state index is 11.5. The highest BCUT2D eigenvalue weighted by Crippen LogP contribution is 2.16. The molecule has 4 heteroatoms. The third-order valence-electron chi connectivity index (χ3n) is 2.57. The molecule has 2 N–H and O–H groups in total. The summed E-state index contributed by atoms with van der Waals surface area (Å²) in [5.74, 6) is -0.366. The third-order valence-corrected chi connectivity index (χ3v) is 2.57. The molecule has 19 heavy (non-hydrogen) atoms. The molecule has 0 bridgehead atoms. The number of nitrogens with zero attached hydrogens (tertiary/aromatic N) is 1. The molecule has 0 saturated carbocycles. The summed E-state index contributed by atoms with van der Waals surface area (Å²) in [6, 6.07) is 9.67. The van der Waals surface area contributed by atoms with Gasteiger partial charge >= 0.3 is 0 Å². The summed E-state index contributed by atoms with van der Waals surface area (Å²) < 4.78 is 0. The van der Waals surface area contributed by atoms with Crippen molar-refractivity contribution in [3.05, 3.63) is 54.2 Å². The number of carbonyl (C=O) groups excluding carboxylic acids is 1. The van der Waals surface area contributed by atoms with Gasteiger partial charge < -0.3 is 10.6 Å². The fourth-order valence-electron chi connectivity index (χ4n) is 1.60. The first kappa shape index (κ1) is 14.5. The molecule has 1 aromatic carbocycles. The third kappa shape index (κ3) is 4.32. The van der Waals surface area contributed by atoms with Gasteiger partial charge in [-0.2, -0.15) is 5.26 Å². The molecular weight excluding hydrogens is 238 g/mol. The Balaban J connectivity index is 2.63. The van der Waals surface area contributed by atoms with Crippen LogP contribution >= 0.6 is 0 Å². The summed E-state index contributed by atoms with van der Waals surface area (Å²) in [5.41, 5.74) is 3.31. The number of benzene rings is 1. The second-order valence-corrected chi connectivity index (χ2v) is 4.11. The topological polar surface area (TPSA) is 64.9 Å². The lowest BCUT2D eigenvalue weighted by Gasteiger charge is -2.12. The molecule has 0 aliphatic heterocycles. The molecule has 1 aromatic rings. The molecule has 98 valence electrons. The standard InChI is InChI=1S/C15H17N3O/c1-11(2)14-7-5-4-6-13(14)10-18-12(3)15(19)17-9-8-16/h4-7,18H,1,3,9-10H2,2H3,(H,17,19). The molecule has 0 aromatic heterocycles. The van der Waals surface area contributed by atoms with E-state index in [1.807, 2.05) is 37.3 Å². The van der Waals surface area contributed by atoms with Gasteiger partial charge in [-0.1, -0.05) is 43.0 Å². The van der Waals surface area contributed by atoms with Crippen molar-refractivity contribution in [2.45, 2.75) is 13.5 Å². The van der Waals surface area contributed by atoms with Crippen molar-refractivity contribution in [2.75, 3.05) is 6.54 Å². The van der Waals surface area contributed by atoms with E-state index in [1.165, 1.54) is 0 Å². The Kier molecular flexibility index (Phi) is 5.36. The van der Waals surface area contributed by atoms with E-state index < -0.39 is 0 Å². The van der Waals surface area contributed by atoms with Crippen molar-refractivity contribution in [3.63, 3.8) is 0 Å². The highest BCUT2D eigenvalue weighted by atomic mass is 16.2. The number of hydrogen-bond donors (Lipinski definition) is 2. The van der Waals surface area contributed by atoms with E-state index in [9.17, 15) is 4.79 Å². The minimum Gasteiger partial charge on any atom is -0.377 e. The quantitative estimate of drug-likeness (QED) is 0.603. The van der Waals surface area contributed by atoms with Crippen LogP contribution in [0.3, 0.4) is 0 Å². The number of allylic oxidation sites excluding steroid dienone is 1. The number of hydrogen-bond acceptors (Lipinski definition) is 3. The lowest BCUT2D eigenvalue weighted by molar-refractivity contribution is -0.117. The lowest BCUT2D eigenvalue weighted by Crippen LogP contribution is -2.31. The molecule has 0 fully saturated rings. The molecule has 0 aliphatic carbocycles. The molecule has 0 saturated heterocycles. The Morgan fingerprint density at radius 3 is 2.63 bits per heavy atom. The van der Waals surface area contributed by atoms with Crippen molar-refractivity contribution in [1.29, 1.82) is 5.26 Å². The average Bonchev–Trinajstić information content (AvgIpc) is 2.42. The van der Waals surface area contributed by atoms with Crippen molar-refractivity contribution in [3.8, 4) is 6.07 Å². The smallest absolute Gasteiger partial charge is 0.267 e. The Morgan fingerprint density at radius 1 is 1.32 bits per heavy atom. The summed E-state index contributed by atoms with van der Waals surface area (Å²) in [4.78, 5) is 11.5. The molecule has 0 atom stereocenters. The number of amides is 1. The monoisotopic (exact) mass is 255 g/mol. The Hall–Kier alpha value is -2.54. The van der Waals surface area contributed by atoms with Crippen LogP contribution in [0.2, 0.25) is 0 Å². The van der Waals surface area contributed by atoms with Crippen LogP contribution in [0.1, 0.15) is 18.1 Å². The first-order valence-electron chi connectivity index (χ1n) is 5.88. The normalized spacial score (nSPS) is 9.26. The Labute approximate surface area is 113 Å². The fourth-order valence-corrected chi connectivity index (χ4v) is 1.60. The molecule has 1 amide bonds. The van der Waals surface area contributed by atoms with Gasteiger partial charge in [0.2, 0.25) is 0 Å². The second kappa shape index (κ2) is 7.02. The van der Waals surface area contributed by atoms with Gasteiger partial charge in [0.15, 0.2) is 0 Å². The predicted molar refractivity (Wildman–Crippen MR) is 75.8 cm³/mol. The van der Waals surface area contributed by atoms with E-state index in [4.69, 9.17) is 5.26 Å². The van der Waals surface area contributed by atoms with E-state index in [0.717, 1.165) is 16.7 Å². The number of rotatable bonds is 6. The number of nitriles is 1. The SMILES string of the molecule is C=C(NCc1ccccc1C(=C)C)C(=O)NCC#N. The summed E-state index contributed by atoms with van der Waals surface area (Å²) in [5, 5.41) is 13.7. The van der Waals surface area contributed by atoms with Gasteiger partial charge in [0.25, 0.3) is 5.91 Å². The van der Waals surface area contributed by atoms with Gasteiger partial charge in [-0.25, -0.2) is 0 Å². The maximum Gasteiger partial charge on any atom is 0.267 e. The zero-order chi connectivity index (χ0) is 14.3. The van der Waals surface area contributed by atoms with Crippen LogP contribution in [-0.4, -0.2) is 12.5 Å². The molecule has 0 radical (unpaired) electrons. The number of carbonyl (C=O) groups is 1. The van der Waals surface area contributed by atoms with Crippen LogP contribution in [-0.2, 0) is 11.3 Å². The molecule has 0 spiro atoms. The first-order valence-corrected chi connectivity index (χ1v) is 5.88. The minimum absolute atomic E-state index is 0.0259. The highest BCUT2D eigenvalue weighted by molar-refractivity contribution is 5.92. The predicted octanol–water partition coefficient (Wildman–Crippen LogP) is 1.96. The minimum atomic E-state index is -0.366. The van der Waals surface area contributed by atoms with Crippen LogP contribution in [0.4, 0.5) is 0 Å². The summed E-state index contributed by atoms with van der Waals surface area (Å²) >= 11 is 0. The van der Waals surface area contributed by atoms with Crippen LogP contribution in [0.15, 0.2) is 43.1 Å². The van der Waals surface area contributed by atoms with Gasteiger partial charge in [-0.15, -0.1) is 0 Å². The fraction of sp³-hybridized carbons (Fsp3) is 0.200. The summed E-state index contributed by atoms with van der Waals surface area (Å²) in [7, 11) is 0. The summed E-state index contributed by atoms with van der Waals surface area (Å²) in [6.07, 6.45) is 0. The van der Waals surface area contributed by atoms with E-state index in [1.54, 1.807) is 0 Å². The van der Waals surface area contributed by atoms with E-state index in [-0.39, 0.29) is 18.1 Å². The average molecular weight is 255 g/mol. The van der Waals surface area contributed by atoms with Crippen molar-refractivity contribution in [1.82, 2.24) is 10.6 Å². The zero-order valence-electron chi connectivity index (χ0n) is 11.0. The highest BCUT2D eigenvalue weighted by Gasteiger charge is 2.07. The molecule has 1 rings (SSSR count). The maximum atomic E-state index is 11.5. The Morgan fingerprint density at radius 2 is 2.00 bits per heavy atom. The molecule has 0 heterocycles. The van der Waals surface area contributed by atoms with E-state index in [2.05, 4.69) is 23.8 Å². The number of nitrogens with one attached hydrogen (secondary N) is 2. The zero-order valence-corrected chi connectivity index (χ0v) is 11.0. The van der Waals surface area contributed by atoms with Crippen LogP contribution in [0.5, 0.6) is 0 Å². The van der Waals surface area contributed by atoms with E-state index >= 15 is 0 Å². The van der Waals surface area contributed by atoms with Crippen LogP contribution in [0.25, 0.3) is 5.57 Å². The van der Waals surface area contributed by atoms with Crippen LogP contribution in [0, 0.1) is 11.3 Å². The van der Waals surface area contributed by atoms with Gasteiger partial charge in [0, 0.05) is 6.54 Å². The lowest BCUT2D eigenvalue weighted by atomic mass is 10.0. The van der Waals surface area contributed by atoms with Gasteiger partial charge in [-0.05, 0) is 18.1 Å². The molecule has 4 nitrogen and oxygen atoms in total. The van der Waals surface area contributed by atoms with Crippen molar-refractivity contribution >= 4 is 11.5 Å². The van der Waals surface area contributed by atoms with Gasteiger partial charge in [-0.3, -0.25) is 4.79 Å². The van der Waals surface area contributed by atoms with Crippen molar-refractivity contribution in [2.24, 2.45) is 0 Å². The van der Waals surface area contributed by atoms with Crippen molar-refractivity contribution < 1.29 is 4.79 Å². The molecule has 0 unspecified atom stereocenters. The van der Waals surface area contributed by atoms with Crippen LogP contribution < -0.4 is 10.6 Å². The molecular formula is C15H17N3O. The van der Waals surface area contributed by atoms with Gasteiger partial charge in [0.1, 0.15) is 6.54 Å².